The molecule has 0 saturated heterocycles. The molecule has 1 rings (SSSR count). The Morgan fingerprint density at radius 2 is 1.85 bits per heavy atom. The Bertz CT molecular complexity index is 493. The van der Waals surface area contributed by atoms with Gasteiger partial charge in [-0.15, -0.1) is 0 Å². The highest BCUT2D eigenvalue weighted by Gasteiger charge is 2.30. The van der Waals surface area contributed by atoms with E-state index in [4.69, 9.17) is 10.5 Å². The molecule has 20 heavy (non-hydrogen) atoms. The summed E-state index contributed by atoms with van der Waals surface area (Å²) < 4.78 is 46.2. The molecule has 112 valence electrons. The van der Waals surface area contributed by atoms with Crippen molar-refractivity contribution in [2.75, 3.05) is 12.3 Å². The maximum Gasteiger partial charge on any atom is 0.422 e. The van der Waals surface area contributed by atoms with Crippen molar-refractivity contribution in [3.63, 3.8) is 0 Å². The number of hydrogen-bond donors (Lipinski definition) is 1. The van der Waals surface area contributed by atoms with Gasteiger partial charge in [-0.1, -0.05) is 0 Å². The zero-order valence-electron chi connectivity index (χ0n) is 11.4. The van der Waals surface area contributed by atoms with Crippen molar-refractivity contribution >= 4 is 11.7 Å². The summed E-state index contributed by atoms with van der Waals surface area (Å²) >= 11 is 0. The number of benzene rings is 1. The third-order valence-electron chi connectivity index (χ3n) is 2.02. The zero-order valence-corrected chi connectivity index (χ0v) is 11.4. The quantitative estimate of drug-likeness (QED) is 0.686. The monoisotopic (exact) mass is 291 g/mol. The molecule has 0 fully saturated rings. The highest BCUT2D eigenvalue weighted by molar-refractivity contribution is 5.93. The van der Waals surface area contributed by atoms with Crippen LogP contribution in [0.2, 0.25) is 0 Å². The normalized spacial score (nSPS) is 12.1. The predicted molar refractivity (Wildman–Crippen MR) is 67.6 cm³/mol. The Balaban J connectivity index is 2.98. The summed E-state index contributed by atoms with van der Waals surface area (Å²) in [6, 6.07) is 3.82. The summed E-state index contributed by atoms with van der Waals surface area (Å²) in [6.07, 6.45) is -4.50. The van der Waals surface area contributed by atoms with Crippen LogP contribution in [0.4, 0.5) is 18.9 Å². The van der Waals surface area contributed by atoms with E-state index in [0.717, 1.165) is 6.07 Å². The summed E-state index contributed by atoms with van der Waals surface area (Å²) in [5.74, 6) is -1.02. The van der Waals surface area contributed by atoms with E-state index in [1.807, 2.05) is 0 Å². The maximum absolute atomic E-state index is 12.2. The summed E-state index contributed by atoms with van der Waals surface area (Å²) in [6.45, 7) is 3.45. The molecule has 0 bridgehead atoms. The van der Waals surface area contributed by atoms with E-state index >= 15 is 0 Å². The number of alkyl halides is 3. The minimum Gasteiger partial charge on any atom is -0.483 e. The van der Waals surface area contributed by atoms with Crippen LogP contribution in [0.1, 0.15) is 31.1 Å². The van der Waals surface area contributed by atoms with Crippen LogP contribution >= 0.6 is 0 Å². The van der Waals surface area contributed by atoms with Crippen LogP contribution in [-0.2, 0) is 4.74 Å². The fourth-order valence-electron chi connectivity index (χ4n) is 1.32. The molecule has 0 atom stereocenters. The van der Waals surface area contributed by atoms with Crippen LogP contribution in [0.15, 0.2) is 18.2 Å². The Labute approximate surface area is 114 Å². The van der Waals surface area contributed by atoms with Crippen molar-refractivity contribution in [2.24, 2.45) is 0 Å². The van der Waals surface area contributed by atoms with Crippen molar-refractivity contribution in [2.45, 2.75) is 32.5 Å². The molecule has 0 aliphatic rings. The molecule has 0 amide bonds. The Morgan fingerprint density at radius 1 is 1.25 bits per heavy atom. The first-order valence-electron chi connectivity index (χ1n) is 5.80. The molecule has 0 aliphatic carbocycles. The first kappa shape index (κ1) is 16.1. The van der Waals surface area contributed by atoms with E-state index in [-0.39, 0.29) is 17.0 Å². The number of nitrogens with two attached hydrogens (primary N) is 1. The fraction of sp³-hybridized carbons (Fsp3) is 0.462. The van der Waals surface area contributed by atoms with Crippen LogP contribution in [0, 0.1) is 0 Å². The summed E-state index contributed by atoms with van der Waals surface area (Å²) in [7, 11) is 0. The molecule has 4 nitrogen and oxygen atoms in total. The van der Waals surface area contributed by atoms with E-state index in [1.165, 1.54) is 12.1 Å². The average molecular weight is 291 g/mol. The Kier molecular flexibility index (Phi) is 4.52. The highest BCUT2D eigenvalue weighted by Crippen LogP contribution is 2.26. The lowest BCUT2D eigenvalue weighted by molar-refractivity contribution is -0.153. The van der Waals surface area contributed by atoms with E-state index in [9.17, 15) is 18.0 Å². The molecule has 0 heterocycles. The largest absolute Gasteiger partial charge is 0.483 e. The molecule has 0 aromatic heterocycles. The molecule has 0 radical (unpaired) electrons. The second-order valence-electron chi connectivity index (χ2n) is 5.16. The summed E-state index contributed by atoms with van der Waals surface area (Å²) in [5, 5.41) is 0. The Hall–Kier alpha value is -1.92. The maximum atomic E-state index is 12.2. The van der Waals surface area contributed by atoms with Crippen molar-refractivity contribution in [3.05, 3.63) is 23.8 Å². The number of nitrogen functional groups attached to an aromatic ring is 1. The lowest BCUT2D eigenvalue weighted by atomic mass is 10.1. The summed E-state index contributed by atoms with van der Waals surface area (Å²) in [5.41, 5.74) is 4.81. The van der Waals surface area contributed by atoms with Gasteiger partial charge in [0.2, 0.25) is 0 Å². The number of halogens is 3. The van der Waals surface area contributed by atoms with Gasteiger partial charge in [0.15, 0.2) is 6.61 Å². The second-order valence-corrected chi connectivity index (χ2v) is 5.16. The Morgan fingerprint density at radius 3 is 2.35 bits per heavy atom. The van der Waals surface area contributed by atoms with E-state index in [1.54, 1.807) is 20.8 Å². The number of carbonyl (C=O) groups is 1. The predicted octanol–water partition coefficient (Wildman–Crippen LogP) is 3.17. The number of rotatable bonds is 3. The van der Waals surface area contributed by atoms with Crippen LogP contribution in [0.3, 0.4) is 0 Å². The van der Waals surface area contributed by atoms with Gasteiger partial charge in [-0.3, -0.25) is 0 Å². The molecular weight excluding hydrogens is 275 g/mol. The topological polar surface area (TPSA) is 61.5 Å². The van der Waals surface area contributed by atoms with Crippen molar-refractivity contribution in [1.29, 1.82) is 0 Å². The van der Waals surface area contributed by atoms with Gasteiger partial charge in [-0.05, 0) is 32.9 Å². The molecule has 0 saturated carbocycles. The molecule has 7 heteroatoms. The SMILES string of the molecule is CC(C)(C)OC(=O)c1ccc(N)cc1OCC(F)(F)F. The van der Waals surface area contributed by atoms with Gasteiger partial charge in [0.25, 0.3) is 0 Å². The van der Waals surface area contributed by atoms with Gasteiger partial charge >= 0.3 is 12.1 Å². The van der Waals surface area contributed by atoms with E-state index in [0.29, 0.717) is 0 Å². The molecular formula is C13H16F3NO3. The third-order valence-corrected chi connectivity index (χ3v) is 2.02. The van der Waals surface area contributed by atoms with Crippen molar-refractivity contribution in [3.8, 4) is 5.75 Å². The molecule has 1 aromatic carbocycles. The molecule has 0 spiro atoms. The van der Waals surface area contributed by atoms with Gasteiger partial charge < -0.3 is 15.2 Å². The zero-order chi connectivity index (χ0) is 15.6. The first-order valence-corrected chi connectivity index (χ1v) is 5.80. The molecule has 1 aromatic rings. The third kappa shape index (κ3) is 5.38. The smallest absolute Gasteiger partial charge is 0.422 e. The minimum atomic E-state index is -4.50. The van der Waals surface area contributed by atoms with Crippen molar-refractivity contribution < 1.29 is 27.4 Å². The van der Waals surface area contributed by atoms with Gasteiger partial charge in [0.1, 0.15) is 16.9 Å². The summed E-state index contributed by atoms with van der Waals surface area (Å²) in [4.78, 5) is 11.9. The van der Waals surface area contributed by atoms with Gasteiger partial charge in [0, 0.05) is 11.8 Å². The standard InChI is InChI=1S/C13H16F3NO3/c1-12(2,3)20-11(18)9-5-4-8(17)6-10(9)19-7-13(14,15)16/h4-6H,7,17H2,1-3H3. The minimum absolute atomic E-state index is 0.0987. The van der Waals surface area contributed by atoms with Crippen LogP contribution in [0.5, 0.6) is 5.75 Å². The van der Waals surface area contributed by atoms with Crippen LogP contribution in [-0.4, -0.2) is 24.4 Å². The van der Waals surface area contributed by atoms with Gasteiger partial charge in [0.05, 0.1) is 0 Å². The van der Waals surface area contributed by atoms with E-state index < -0.39 is 24.4 Å². The van der Waals surface area contributed by atoms with Crippen LogP contribution < -0.4 is 10.5 Å². The van der Waals surface area contributed by atoms with Crippen molar-refractivity contribution in [1.82, 2.24) is 0 Å². The second kappa shape index (κ2) is 5.60. The number of anilines is 1. The lowest BCUT2D eigenvalue weighted by Crippen LogP contribution is -2.25. The average Bonchev–Trinajstić information content (AvgIpc) is 2.22. The fourth-order valence-corrected chi connectivity index (χ4v) is 1.32. The van der Waals surface area contributed by atoms with Crippen LogP contribution in [0.25, 0.3) is 0 Å². The van der Waals surface area contributed by atoms with Gasteiger partial charge in [-0.2, -0.15) is 13.2 Å². The van der Waals surface area contributed by atoms with E-state index in [2.05, 4.69) is 4.74 Å². The highest BCUT2D eigenvalue weighted by atomic mass is 19.4. The first-order chi connectivity index (χ1) is 8.98. The molecule has 0 unspecified atom stereocenters. The number of esters is 1. The number of ether oxygens (including phenoxy) is 2. The molecule has 2 N–H and O–H groups in total. The van der Waals surface area contributed by atoms with Gasteiger partial charge in [-0.25, -0.2) is 4.79 Å². The number of carbonyl (C=O) groups excluding carboxylic acids is 1. The number of hydrogen-bond acceptors (Lipinski definition) is 4. The lowest BCUT2D eigenvalue weighted by Gasteiger charge is -2.21. The molecule has 0 aliphatic heterocycles.